The fourth-order valence-electron chi connectivity index (χ4n) is 6.27. The summed E-state index contributed by atoms with van der Waals surface area (Å²) in [6.07, 6.45) is 3.35. The number of methoxy groups -OCH3 is 2. The number of carbonyl (C=O) groups excluding carboxylic acids is 1. The smallest absolute Gasteiger partial charge is 0.406 e. The monoisotopic (exact) mass is 550 g/mol. The summed E-state index contributed by atoms with van der Waals surface area (Å²) >= 11 is 0. The molecule has 2 aliphatic carbocycles. The molecule has 4 heterocycles. The number of alkyl halides is 3. The number of benzene rings is 1. The lowest BCUT2D eigenvalue weighted by Crippen LogP contribution is -2.47. The summed E-state index contributed by atoms with van der Waals surface area (Å²) in [6, 6.07) is 7.75. The van der Waals surface area contributed by atoms with Crippen LogP contribution < -0.4 is 14.4 Å². The second-order valence-electron chi connectivity index (χ2n) is 10.6. The predicted molar refractivity (Wildman–Crippen MR) is 138 cm³/mol. The average Bonchev–Trinajstić information content (AvgIpc) is 3.49. The van der Waals surface area contributed by atoms with Gasteiger partial charge in [-0.1, -0.05) is 18.6 Å². The summed E-state index contributed by atoms with van der Waals surface area (Å²) in [5.41, 5.74) is 4.06. The summed E-state index contributed by atoms with van der Waals surface area (Å²) in [5, 5.41) is 4.67. The second-order valence-corrected chi connectivity index (χ2v) is 10.6. The average molecular weight is 551 g/mol. The van der Waals surface area contributed by atoms with Crippen molar-refractivity contribution in [1.29, 1.82) is 0 Å². The molecule has 0 saturated heterocycles. The Bertz CT molecular complexity index is 1670. The van der Waals surface area contributed by atoms with Gasteiger partial charge in [-0.3, -0.25) is 4.79 Å². The number of amides is 1. The lowest BCUT2D eigenvalue weighted by Gasteiger charge is -2.37. The van der Waals surface area contributed by atoms with E-state index in [1.165, 1.54) is 14.2 Å². The van der Waals surface area contributed by atoms with Crippen LogP contribution in [-0.2, 0) is 10.2 Å². The molecule has 3 aliphatic rings. The van der Waals surface area contributed by atoms with Crippen LogP contribution in [0.3, 0.4) is 0 Å². The van der Waals surface area contributed by atoms with Crippen molar-refractivity contribution in [1.82, 2.24) is 24.6 Å². The number of nitrogens with zero attached hydrogens (tertiary/aromatic N) is 6. The van der Waals surface area contributed by atoms with Gasteiger partial charge in [-0.15, -0.1) is 0 Å². The van der Waals surface area contributed by atoms with Crippen LogP contribution in [-0.4, -0.2) is 57.4 Å². The molecule has 0 radical (unpaired) electrons. The molecule has 0 unspecified atom stereocenters. The van der Waals surface area contributed by atoms with E-state index in [9.17, 15) is 18.0 Å². The standard InChI is InChI=1S/C28H25F3N6O3/c1-39-24-19(13-33-26(34-24)40-2)21-12-18(23-32-8-9-37(23)35-21)17-11-16(17)15-4-5-20-22(10-15)36(14-28(29,30)31)25(38)27(20)6-3-7-27/h4-5,8-10,12-13,16-17H,3,6-7,11,14H2,1-2H3/t16-,17+/m1/s1. The van der Waals surface area contributed by atoms with Crippen LogP contribution in [0.2, 0.25) is 0 Å². The quantitative estimate of drug-likeness (QED) is 0.340. The Balaban J connectivity index is 1.25. The molecule has 2 saturated carbocycles. The van der Waals surface area contributed by atoms with Crippen molar-refractivity contribution >= 4 is 17.2 Å². The van der Waals surface area contributed by atoms with Gasteiger partial charge in [0.2, 0.25) is 11.8 Å². The van der Waals surface area contributed by atoms with Gasteiger partial charge >= 0.3 is 12.2 Å². The highest BCUT2D eigenvalue weighted by Crippen LogP contribution is 2.59. The van der Waals surface area contributed by atoms with Crippen LogP contribution in [0.4, 0.5) is 18.9 Å². The molecule has 0 N–H and O–H groups in total. The number of imidazole rings is 1. The molecule has 2 atom stereocenters. The van der Waals surface area contributed by atoms with Gasteiger partial charge in [-0.25, -0.2) is 14.5 Å². The summed E-state index contributed by atoms with van der Waals surface area (Å²) in [5.74, 6) is 0.0238. The molecule has 7 rings (SSSR count). The first-order valence-corrected chi connectivity index (χ1v) is 13.1. The zero-order valence-corrected chi connectivity index (χ0v) is 21.8. The van der Waals surface area contributed by atoms with Crippen molar-refractivity contribution in [2.45, 2.75) is 49.1 Å². The van der Waals surface area contributed by atoms with E-state index >= 15 is 0 Å². The van der Waals surface area contributed by atoms with Crippen molar-refractivity contribution in [2.75, 3.05) is 25.7 Å². The SMILES string of the molecule is COc1ncc(-c2cc([C@H]3C[C@@H]3c3ccc4c(c3)N(CC(F)(F)F)C(=O)C43CCC3)c3nccn3n2)c(OC)n1. The van der Waals surface area contributed by atoms with Gasteiger partial charge in [0.05, 0.1) is 30.9 Å². The molecule has 3 aromatic heterocycles. The van der Waals surface area contributed by atoms with E-state index in [4.69, 9.17) is 9.47 Å². The number of carbonyl (C=O) groups is 1. The Hall–Kier alpha value is -4.22. The molecule has 2 fully saturated rings. The number of aromatic nitrogens is 5. The van der Waals surface area contributed by atoms with Crippen molar-refractivity contribution in [3.8, 4) is 23.1 Å². The maximum atomic E-state index is 13.5. The van der Waals surface area contributed by atoms with Gasteiger partial charge in [-0.05, 0) is 54.4 Å². The highest BCUT2D eigenvalue weighted by molar-refractivity contribution is 6.09. The van der Waals surface area contributed by atoms with Crippen LogP contribution in [0.15, 0.2) is 42.9 Å². The zero-order chi connectivity index (χ0) is 27.8. The first-order chi connectivity index (χ1) is 19.2. The Labute approximate surface area is 227 Å². The molecule has 1 amide bonds. The third kappa shape index (κ3) is 3.72. The minimum Gasteiger partial charge on any atom is -0.480 e. The molecular weight excluding hydrogens is 525 g/mol. The minimum atomic E-state index is -4.48. The molecule has 0 bridgehead atoms. The number of ether oxygens (including phenoxy) is 2. The van der Waals surface area contributed by atoms with Gasteiger partial charge in [0.1, 0.15) is 6.54 Å². The second kappa shape index (κ2) is 8.64. The Kier molecular flexibility index (Phi) is 5.35. The van der Waals surface area contributed by atoms with Crippen molar-refractivity contribution in [2.24, 2.45) is 0 Å². The summed E-state index contributed by atoms with van der Waals surface area (Å²) < 4.78 is 52.6. The van der Waals surface area contributed by atoms with E-state index in [2.05, 4.69) is 20.1 Å². The van der Waals surface area contributed by atoms with Crippen LogP contribution in [0.5, 0.6) is 11.9 Å². The topological polar surface area (TPSA) is 94.7 Å². The normalized spacial score (nSPS) is 21.0. The molecule has 40 heavy (non-hydrogen) atoms. The lowest BCUT2D eigenvalue weighted by atomic mass is 9.65. The number of halogens is 3. The summed E-state index contributed by atoms with van der Waals surface area (Å²) in [4.78, 5) is 27.1. The minimum absolute atomic E-state index is 0.0656. The number of fused-ring (bicyclic) bond motifs is 3. The van der Waals surface area contributed by atoms with Gasteiger partial charge < -0.3 is 14.4 Å². The van der Waals surface area contributed by atoms with Crippen LogP contribution >= 0.6 is 0 Å². The third-order valence-corrected chi connectivity index (χ3v) is 8.42. The van der Waals surface area contributed by atoms with Crippen LogP contribution in [0, 0.1) is 0 Å². The van der Waals surface area contributed by atoms with Crippen molar-refractivity contribution < 1.29 is 27.4 Å². The summed E-state index contributed by atoms with van der Waals surface area (Å²) in [6.45, 7) is -1.27. The van der Waals surface area contributed by atoms with Gasteiger partial charge in [0.25, 0.3) is 0 Å². The zero-order valence-electron chi connectivity index (χ0n) is 21.8. The van der Waals surface area contributed by atoms with E-state index < -0.39 is 24.0 Å². The number of hydrogen-bond donors (Lipinski definition) is 0. The van der Waals surface area contributed by atoms with Crippen LogP contribution in [0.1, 0.15) is 54.2 Å². The van der Waals surface area contributed by atoms with E-state index in [1.54, 1.807) is 29.2 Å². The fourth-order valence-corrected chi connectivity index (χ4v) is 6.27. The highest BCUT2D eigenvalue weighted by Gasteiger charge is 2.56. The summed E-state index contributed by atoms with van der Waals surface area (Å²) in [7, 11) is 2.98. The molecule has 1 spiro atoms. The van der Waals surface area contributed by atoms with E-state index in [1.807, 2.05) is 18.2 Å². The molecule has 1 aromatic carbocycles. The van der Waals surface area contributed by atoms with Gasteiger partial charge in [0, 0.05) is 29.8 Å². The predicted octanol–water partition coefficient (Wildman–Crippen LogP) is 4.81. The number of hydrogen-bond acceptors (Lipinski definition) is 7. The van der Waals surface area contributed by atoms with Gasteiger partial charge in [0.15, 0.2) is 5.65 Å². The Morgan fingerprint density at radius 3 is 2.62 bits per heavy atom. The molecular formula is C28H25F3N6O3. The first-order valence-electron chi connectivity index (χ1n) is 13.1. The molecule has 1 aliphatic heterocycles. The maximum absolute atomic E-state index is 13.5. The Morgan fingerprint density at radius 1 is 1.10 bits per heavy atom. The van der Waals surface area contributed by atoms with E-state index in [0.29, 0.717) is 41.3 Å². The largest absolute Gasteiger partial charge is 0.480 e. The number of anilines is 1. The van der Waals surface area contributed by atoms with E-state index in [-0.39, 0.29) is 17.8 Å². The Morgan fingerprint density at radius 2 is 1.93 bits per heavy atom. The maximum Gasteiger partial charge on any atom is 0.406 e. The highest BCUT2D eigenvalue weighted by atomic mass is 19.4. The molecule has 9 nitrogen and oxygen atoms in total. The van der Waals surface area contributed by atoms with Gasteiger partial charge in [-0.2, -0.15) is 23.3 Å². The molecule has 4 aromatic rings. The third-order valence-electron chi connectivity index (χ3n) is 8.42. The fraction of sp³-hybridized carbons (Fsp3) is 0.393. The lowest BCUT2D eigenvalue weighted by molar-refractivity contribution is -0.136. The number of rotatable bonds is 6. The van der Waals surface area contributed by atoms with Crippen LogP contribution in [0.25, 0.3) is 16.9 Å². The molecule has 12 heteroatoms. The van der Waals surface area contributed by atoms with E-state index in [0.717, 1.165) is 34.4 Å². The first kappa shape index (κ1) is 24.8. The van der Waals surface area contributed by atoms with Crippen molar-refractivity contribution in [3.05, 3.63) is 59.5 Å². The van der Waals surface area contributed by atoms with Crippen molar-refractivity contribution in [3.63, 3.8) is 0 Å². The molecule has 206 valence electrons.